The van der Waals surface area contributed by atoms with Crippen LogP contribution >= 0.6 is 7.14 Å². The molecule has 0 amide bonds. The molecule has 6 rings (SSSR count). The Bertz CT molecular complexity index is 1970. The minimum atomic E-state index is -4.89. The molecule has 0 aliphatic rings. The predicted octanol–water partition coefficient (Wildman–Crippen LogP) is 8.88. The van der Waals surface area contributed by atoms with Crippen LogP contribution in [0.4, 0.5) is 26.3 Å². The van der Waals surface area contributed by atoms with Crippen LogP contribution in [0.1, 0.15) is 22.3 Å². The van der Waals surface area contributed by atoms with Gasteiger partial charge in [0.15, 0.2) is 7.14 Å². The molecule has 6 aromatic rings. The third-order valence-corrected chi connectivity index (χ3v) is 10.8. The average Bonchev–Trinajstić information content (AvgIpc) is 2.90. The van der Waals surface area contributed by atoms with Crippen molar-refractivity contribution in [2.24, 2.45) is 0 Å². The molecule has 0 aliphatic carbocycles. The van der Waals surface area contributed by atoms with Crippen LogP contribution in [0.25, 0.3) is 32.3 Å². The molecular weight excluding hydrogens is 545 g/mol. The summed E-state index contributed by atoms with van der Waals surface area (Å²) in [5.41, 5.74) is -1.60. The normalized spacial score (nSPS) is 14.3. The van der Waals surface area contributed by atoms with E-state index in [0.717, 1.165) is 39.7 Å². The van der Waals surface area contributed by atoms with Gasteiger partial charge in [0.05, 0.1) is 11.1 Å². The van der Waals surface area contributed by atoms with Gasteiger partial charge < -0.3 is 4.57 Å². The Morgan fingerprint density at radius 2 is 1.20 bits per heavy atom. The van der Waals surface area contributed by atoms with Crippen LogP contribution in [0.5, 0.6) is 0 Å². The van der Waals surface area contributed by atoms with E-state index in [1.54, 1.807) is 25.1 Å². The number of aryl methyl sites for hydroxylation is 2. The van der Waals surface area contributed by atoms with Crippen molar-refractivity contribution in [3.63, 3.8) is 0 Å². The number of halogens is 6. The van der Waals surface area contributed by atoms with Crippen LogP contribution in [0.2, 0.25) is 0 Å². The number of alkyl halides is 6. The fraction of sp³-hybridized carbons (Fsp3) is 0.125. The van der Waals surface area contributed by atoms with Crippen molar-refractivity contribution in [1.82, 2.24) is 0 Å². The fourth-order valence-corrected chi connectivity index (χ4v) is 9.06. The zero-order chi connectivity index (χ0) is 28.6. The Balaban J connectivity index is 1.82. The van der Waals surface area contributed by atoms with Gasteiger partial charge >= 0.3 is 12.4 Å². The molecule has 202 valence electrons. The summed E-state index contributed by atoms with van der Waals surface area (Å²) in [7, 11) is -4.55. The lowest BCUT2D eigenvalue weighted by Crippen LogP contribution is -2.32. The molecule has 0 fully saturated rings. The molecule has 0 saturated heterocycles. The van der Waals surface area contributed by atoms with E-state index in [1.807, 2.05) is 30.3 Å². The van der Waals surface area contributed by atoms with E-state index in [2.05, 4.69) is 0 Å². The highest BCUT2D eigenvalue weighted by Crippen LogP contribution is 2.50. The number of benzene rings is 6. The Hall–Kier alpha value is -3.83. The Morgan fingerprint density at radius 3 is 1.85 bits per heavy atom. The molecule has 1 nitrogen and oxygen atoms in total. The van der Waals surface area contributed by atoms with Gasteiger partial charge in [-0.25, -0.2) is 0 Å². The van der Waals surface area contributed by atoms with Crippen LogP contribution in [0.3, 0.4) is 0 Å². The molecule has 0 spiro atoms. The van der Waals surface area contributed by atoms with E-state index in [-0.39, 0.29) is 16.2 Å². The number of hydrogen-bond donors (Lipinski definition) is 0. The fourth-order valence-electron chi connectivity index (χ4n) is 5.65. The summed E-state index contributed by atoms with van der Waals surface area (Å²) in [5, 5.41) is 3.84. The van der Waals surface area contributed by atoms with E-state index in [0.29, 0.717) is 16.3 Å². The lowest BCUT2D eigenvalue weighted by atomic mass is 9.94. The van der Waals surface area contributed by atoms with Gasteiger partial charge in [0.2, 0.25) is 0 Å². The van der Waals surface area contributed by atoms with Gasteiger partial charge in [0.25, 0.3) is 0 Å². The van der Waals surface area contributed by atoms with Gasteiger partial charge in [0.1, 0.15) is 0 Å². The maximum absolute atomic E-state index is 15.6. The zero-order valence-corrected chi connectivity index (χ0v) is 22.2. The first-order valence-electron chi connectivity index (χ1n) is 12.4. The lowest BCUT2D eigenvalue weighted by molar-refractivity contribution is -0.138. The van der Waals surface area contributed by atoms with Crippen molar-refractivity contribution in [3.8, 4) is 0 Å². The molecule has 0 saturated carbocycles. The van der Waals surface area contributed by atoms with Gasteiger partial charge in [-0.1, -0.05) is 66.2 Å². The average molecular weight is 566 g/mol. The molecule has 40 heavy (non-hydrogen) atoms. The molecule has 0 bridgehead atoms. The molecule has 8 heteroatoms. The van der Waals surface area contributed by atoms with Crippen molar-refractivity contribution in [2.45, 2.75) is 26.2 Å². The molecule has 1 atom stereocenters. The predicted molar refractivity (Wildman–Crippen MR) is 149 cm³/mol. The van der Waals surface area contributed by atoms with Crippen LogP contribution < -0.4 is 15.9 Å². The van der Waals surface area contributed by atoms with E-state index < -0.39 is 35.9 Å². The molecule has 0 N–H and O–H groups in total. The summed E-state index contributed by atoms with van der Waals surface area (Å²) in [4.78, 5) is 0. The van der Waals surface area contributed by atoms with Gasteiger partial charge in [0, 0.05) is 15.9 Å². The summed E-state index contributed by atoms with van der Waals surface area (Å²) in [6.45, 7) is 3.04. The molecule has 0 heterocycles. The van der Waals surface area contributed by atoms with E-state index >= 15 is 4.57 Å². The third-order valence-electron chi connectivity index (χ3n) is 7.52. The first-order chi connectivity index (χ1) is 18.8. The maximum Gasteiger partial charge on any atom is 0.417 e. The first-order valence-corrected chi connectivity index (χ1v) is 14.1. The van der Waals surface area contributed by atoms with Crippen LogP contribution in [-0.4, -0.2) is 0 Å². The summed E-state index contributed by atoms with van der Waals surface area (Å²) >= 11 is 0. The van der Waals surface area contributed by atoms with Crippen LogP contribution in [-0.2, 0) is 16.9 Å². The molecule has 0 aromatic heterocycles. The van der Waals surface area contributed by atoms with Crippen molar-refractivity contribution >= 4 is 55.4 Å². The third kappa shape index (κ3) is 3.98. The van der Waals surface area contributed by atoms with E-state index in [4.69, 9.17) is 0 Å². The minimum absolute atomic E-state index is 0.0665. The van der Waals surface area contributed by atoms with Crippen molar-refractivity contribution < 1.29 is 30.9 Å². The summed E-state index contributed by atoms with van der Waals surface area (Å²) in [6, 6.07) is 22.3. The lowest BCUT2D eigenvalue weighted by Gasteiger charge is -2.27. The van der Waals surface area contributed by atoms with E-state index in [1.165, 1.54) is 31.2 Å². The largest absolute Gasteiger partial charge is 0.417 e. The van der Waals surface area contributed by atoms with Crippen molar-refractivity contribution in [2.75, 3.05) is 0 Å². The molecule has 6 aromatic carbocycles. The second-order valence-corrected chi connectivity index (χ2v) is 12.7. The van der Waals surface area contributed by atoms with Crippen molar-refractivity contribution in [1.29, 1.82) is 0 Å². The van der Waals surface area contributed by atoms with Gasteiger partial charge in [-0.15, -0.1) is 0 Å². The summed E-state index contributed by atoms with van der Waals surface area (Å²) < 4.78 is 101. The highest BCUT2D eigenvalue weighted by Gasteiger charge is 2.43. The molecule has 1 unspecified atom stereocenters. The Labute approximate surface area is 225 Å². The Kier molecular flexibility index (Phi) is 5.83. The monoisotopic (exact) mass is 566 g/mol. The van der Waals surface area contributed by atoms with Crippen LogP contribution in [0.15, 0.2) is 91.0 Å². The first kappa shape index (κ1) is 26.4. The quantitative estimate of drug-likeness (QED) is 0.119. The smallest absolute Gasteiger partial charge is 0.309 e. The summed E-state index contributed by atoms with van der Waals surface area (Å²) in [5.74, 6) is 0. The topological polar surface area (TPSA) is 17.1 Å². The van der Waals surface area contributed by atoms with Gasteiger partial charge in [-0.2, -0.15) is 26.3 Å². The second-order valence-electron chi connectivity index (χ2n) is 10.1. The van der Waals surface area contributed by atoms with Gasteiger partial charge in [-0.3, -0.25) is 0 Å². The minimum Gasteiger partial charge on any atom is -0.309 e. The highest BCUT2D eigenvalue weighted by molar-refractivity contribution is 7.86. The van der Waals surface area contributed by atoms with Gasteiger partial charge in [-0.05, 0) is 82.1 Å². The molecule has 0 radical (unpaired) electrons. The number of hydrogen-bond acceptors (Lipinski definition) is 1. The van der Waals surface area contributed by atoms with E-state index in [9.17, 15) is 26.3 Å². The van der Waals surface area contributed by atoms with Crippen LogP contribution in [0, 0.1) is 13.8 Å². The standard InChI is InChI=1S/C32H21F6OP/c1-18-6-14-25(32(36,37)38)28(16-18)40(39,27-17-23(31(33,34)35)12-7-19(27)2)26-15-11-22-9-8-20-4-3-5-21-10-13-24(26)30(22)29(20)21/h3-17H,1-2H3. The number of rotatable bonds is 3. The molecular formula is C32H21F6OP. The maximum atomic E-state index is 15.6. The highest BCUT2D eigenvalue weighted by atomic mass is 31.2. The van der Waals surface area contributed by atoms with Crippen molar-refractivity contribution in [3.05, 3.63) is 113 Å². The zero-order valence-electron chi connectivity index (χ0n) is 21.3. The second kappa shape index (κ2) is 8.84. The Morgan fingerprint density at radius 1 is 0.575 bits per heavy atom. The SMILES string of the molecule is Cc1ccc(C(F)(F)F)c(P(=O)(c2cc(C(F)(F)F)ccc2C)c2ccc3ccc4cccc5ccc2c3c45)c1. The summed E-state index contributed by atoms with van der Waals surface area (Å²) in [6.07, 6.45) is -9.67. The molecule has 0 aliphatic heterocycles.